The molecule has 0 spiro atoms. The number of aromatic amines is 2. The van der Waals surface area contributed by atoms with Crippen LogP contribution < -0.4 is 11.3 Å². The number of alkyl halides is 1. The Balaban J connectivity index is 1.41. The van der Waals surface area contributed by atoms with E-state index in [0.29, 0.717) is 6.42 Å². The van der Waals surface area contributed by atoms with Gasteiger partial charge in [0.05, 0.1) is 12.1 Å². The lowest BCUT2D eigenvalue weighted by Crippen LogP contribution is -2.64. The van der Waals surface area contributed by atoms with Crippen molar-refractivity contribution in [3.8, 4) is 0 Å². The third-order valence-electron chi connectivity index (χ3n) is 10.2. The van der Waals surface area contributed by atoms with E-state index in [1.165, 1.54) is 38.2 Å². The van der Waals surface area contributed by atoms with Gasteiger partial charge >= 0.3 is 38.4 Å². The highest BCUT2D eigenvalue weighted by atomic mass is 32.5. The minimum Gasteiger partial charge on any atom is -0.462 e. The number of fused-ring (bicyclic) bond motifs is 1. The van der Waals surface area contributed by atoms with Gasteiger partial charge < -0.3 is 63.7 Å². The molecule has 0 aliphatic carbocycles. The number of carbonyl (C=O) groups excluding carboxylic acids is 4. The molecule has 2 aliphatic heterocycles. The van der Waals surface area contributed by atoms with Gasteiger partial charge in [0.25, 0.3) is 5.56 Å². The summed E-state index contributed by atoms with van der Waals surface area (Å²) in [6.07, 6.45) is -7.62. The van der Waals surface area contributed by atoms with Crippen molar-refractivity contribution in [1.82, 2.24) is 15.0 Å². The lowest BCUT2D eigenvalue weighted by atomic mass is 9.95. The van der Waals surface area contributed by atoms with Crippen molar-refractivity contribution in [2.75, 3.05) is 18.9 Å². The number of aliphatic hydroxyl groups excluding tert-OH is 2. The Morgan fingerprint density at radius 1 is 0.877 bits per heavy atom. The Labute approximate surface area is 378 Å². The van der Waals surface area contributed by atoms with E-state index in [1.54, 1.807) is 0 Å². The molecule has 0 aromatic carbocycles. The Kier molecular flexibility index (Phi) is 20.9. The second-order valence-electron chi connectivity index (χ2n) is 15.6. The van der Waals surface area contributed by atoms with Crippen molar-refractivity contribution in [3.05, 3.63) is 22.1 Å². The number of H-pyrrole nitrogens is 2. The van der Waals surface area contributed by atoms with Gasteiger partial charge in [0.2, 0.25) is 12.2 Å². The monoisotopic (exact) mass is 988 g/mol. The number of hydrogen-bond acceptors (Lipinski definition) is 20. The third-order valence-corrected chi connectivity index (χ3v) is 13.7. The standard InChI is InChI=1S/C38H59FN4O19P2S/c1-5-6-7-8-9-10-11-12-13-14-15-16-27(47)54-18-23(39)31-33(56-20(2)44)34(57-21(3)45)35(58-22(4)46)37(60-31)61-63(51,52)62-64(53,65)55-19-26-29(48)30(49)32(59-26)25-17-24-28(41-25)36(50)43-38(40)42-24/h17,23,26,29-35,37,41,48-49H,5-16,18-19H2,1-4H3,(H,51,52)(H,53,65)(H3,40,42,43,50)/t23-,26+,29-,30+,31?,32-,33+,34-,35+,37-,64?/m0/s1. The van der Waals surface area contributed by atoms with E-state index in [2.05, 4.69) is 21.9 Å². The number of phosphoric ester groups is 1. The fraction of sp³-hybridized carbons (Fsp3) is 0.737. The van der Waals surface area contributed by atoms with Gasteiger partial charge in [-0.05, 0) is 24.3 Å². The fourth-order valence-corrected chi connectivity index (χ4v) is 10.4. The molecule has 2 aromatic heterocycles. The zero-order valence-electron chi connectivity index (χ0n) is 36.4. The number of esters is 4. The third kappa shape index (κ3) is 16.7. The predicted octanol–water partition coefficient (Wildman–Crippen LogP) is 3.46. The summed E-state index contributed by atoms with van der Waals surface area (Å²) in [6.45, 7) is -1.90. The van der Waals surface area contributed by atoms with Crippen molar-refractivity contribution in [2.45, 2.75) is 166 Å². The number of anilines is 1. The number of unbranched alkanes of at least 4 members (excludes halogenated alkanes) is 10. The predicted molar refractivity (Wildman–Crippen MR) is 227 cm³/mol. The van der Waals surface area contributed by atoms with Crippen molar-refractivity contribution in [3.63, 3.8) is 0 Å². The molecule has 4 heterocycles. The summed E-state index contributed by atoms with van der Waals surface area (Å²) in [7, 11) is -5.77. The highest BCUT2D eigenvalue weighted by Crippen LogP contribution is 2.62. The van der Waals surface area contributed by atoms with Gasteiger partial charge in [0.15, 0.2) is 24.5 Å². The summed E-state index contributed by atoms with van der Waals surface area (Å²) >= 11 is 4.89. The fourth-order valence-electron chi connectivity index (χ4n) is 7.28. The number of hydrogen-bond donors (Lipinski definition) is 7. The summed E-state index contributed by atoms with van der Waals surface area (Å²) < 4.78 is 76.6. The van der Waals surface area contributed by atoms with Crippen LogP contribution in [0.4, 0.5) is 10.3 Å². The Bertz CT molecular complexity index is 2080. The molecule has 2 aromatic rings. The average molecular weight is 989 g/mol. The first kappa shape index (κ1) is 54.2. The molecule has 2 aliphatic rings. The lowest BCUT2D eigenvalue weighted by molar-refractivity contribution is -0.296. The van der Waals surface area contributed by atoms with Crippen LogP contribution in [0.1, 0.15) is 117 Å². The zero-order chi connectivity index (χ0) is 48.1. The topological polar surface area (TPSA) is 337 Å². The number of nitrogens with one attached hydrogen (secondary N) is 2. The van der Waals surface area contributed by atoms with E-state index >= 15 is 4.39 Å². The number of ether oxygens (including phenoxy) is 6. The highest BCUT2D eigenvalue weighted by molar-refractivity contribution is 8.08. The number of halogens is 1. The maximum Gasteiger partial charge on any atom is 0.481 e. The van der Waals surface area contributed by atoms with Crippen LogP contribution in [0.2, 0.25) is 0 Å². The number of aliphatic hydroxyl groups is 2. The largest absolute Gasteiger partial charge is 0.481 e. The summed E-state index contributed by atoms with van der Waals surface area (Å²) in [5.41, 5.74) is 5.15. The summed E-state index contributed by atoms with van der Waals surface area (Å²) in [5, 5.41) is 21.4. The number of nitrogens with zero attached hydrogens (tertiary/aromatic N) is 1. The molecule has 0 radical (unpaired) electrons. The van der Waals surface area contributed by atoms with Gasteiger partial charge in [0.1, 0.15) is 42.6 Å². The molecular formula is C38H59FN4O19P2S. The van der Waals surface area contributed by atoms with Crippen molar-refractivity contribution >= 4 is 67.2 Å². The number of nitrogens with two attached hydrogens (primary N) is 1. The number of nitrogen functional groups attached to an aromatic ring is 1. The van der Waals surface area contributed by atoms with E-state index in [4.69, 9.17) is 59.3 Å². The van der Waals surface area contributed by atoms with Gasteiger partial charge in [-0.1, -0.05) is 71.1 Å². The number of carbonyl (C=O) groups is 4. The molecule has 23 nitrogen and oxygen atoms in total. The SMILES string of the molecule is CCCCCCCCCCCCCC(=O)OC[C@H](F)C1O[C@@H](OP(=O)(O)OP(O)(=S)OC[C@H]2O[C@@H](c3cc4nc(N)[nH]c(=O)c4[nH]3)[C@H](O)[C@H]2O)[C@H](OC(C)=O)[C@@H](OC(C)=O)[C@@H]1OC(C)=O. The van der Waals surface area contributed by atoms with Crippen LogP contribution in [0.15, 0.2) is 10.9 Å². The van der Waals surface area contributed by atoms with Gasteiger partial charge in [0, 0.05) is 32.9 Å². The molecule has 65 heavy (non-hydrogen) atoms. The Morgan fingerprint density at radius 3 is 2.05 bits per heavy atom. The maximum atomic E-state index is 16.1. The second-order valence-corrected chi connectivity index (χ2v) is 20.0. The molecule has 2 fully saturated rings. The smallest absolute Gasteiger partial charge is 0.462 e. The normalized spacial score (nSPS) is 26.8. The van der Waals surface area contributed by atoms with Crippen molar-refractivity contribution < 1.29 is 89.9 Å². The van der Waals surface area contributed by atoms with Crippen LogP contribution in [0.5, 0.6) is 0 Å². The van der Waals surface area contributed by atoms with Gasteiger partial charge in [-0.25, -0.2) is 18.3 Å². The van der Waals surface area contributed by atoms with E-state index < -0.39 is 118 Å². The summed E-state index contributed by atoms with van der Waals surface area (Å²) in [5.74, 6) is -4.19. The van der Waals surface area contributed by atoms with Gasteiger partial charge in [-0.2, -0.15) is 0 Å². The maximum absolute atomic E-state index is 16.1. The minimum atomic E-state index is -5.77. The highest BCUT2D eigenvalue weighted by Gasteiger charge is 2.57. The zero-order valence-corrected chi connectivity index (χ0v) is 39.0. The minimum absolute atomic E-state index is 0.0158. The molecule has 4 rings (SSSR count). The van der Waals surface area contributed by atoms with Crippen LogP contribution in [0, 0.1) is 0 Å². The van der Waals surface area contributed by atoms with Crippen molar-refractivity contribution in [1.29, 1.82) is 0 Å². The van der Waals surface area contributed by atoms with E-state index in [-0.39, 0.29) is 29.1 Å². The van der Waals surface area contributed by atoms with E-state index in [9.17, 15) is 48.5 Å². The van der Waals surface area contributed by atoms with E-state index in [1.807, 2.05) is 0 Å². The summed E-state index contributed by atoms with van der Waals surface area (Å²) in [6, 6.07) is 1.34. The molecule has 2 saturated heterocycles. The quantitative estimate of drug-likeness (QED) is 0.0307. The number of phosphoric acid groups is 1. The lowest BCUT2D eigenvalue weighted by Gasteiger charge is -2.45. The molecule has 0 amide bonds. The molecule has 27 heteroatoms. The van der Waals surface area contributed by atoms with Gasteiger partial charge in [-0.3, -0.25) is 33.5 Å². The van der Waals surface area contributed by atoms with Crippen LogP contribution in [0.25, 0.3) is 11.0 Å². The second kappa shape index (κ2) is 25.1. The van der Waals surface area contributed by atoms with E-state index in [0.717, 1.165) is 52.9 Å². The van der Waals surface area contributed by atoms with Crippen molar-refractivity contribution in [2.24, 2.45) is 0 Å². The molecule has 12 atom stereocenters. The molecule has 368 valence electrons. The van der Waals surface area contributed by atoms with Gasteiger partial charge in [-0.15, -0.1) is 0 Å². The first-order chi connectivity index (χ1) is 30.6. The molecule has 8 N–H and O–H groups in total. The number of rotatable bonds is 26. The van der Waals surface area contributed by atoms with Crippen LogP contribution >= 0.6 is 14.5 Å². The number of aromatic nitrogens is 3. The summed E-state index contributed by atoms with van der Waals surface area (Å²) in [4.78, 5) is 92.2. The molecule has 0 saturated carbocycles. The van der Waals surface area contributed by atoms with Crippen LogP contribution in [0.3, 0.4) is 0 Å². The first-order valence-corrected chi connectivity index (χ1v) is 25.3. The molecule has 3 unspecified atom stereocenters. The first-order valence-electron chi connectivity index (χ1n) is 21.2. The molecular weight excluding hydrogens is 929 g/mol. The van der Waals surface area contributed by atoms with Crippen LogP contribution in [-0.4, -0.2) is 127 Å². The average Bonchev–Trinajstić information content (AvgIpc) is 3.76. The van der Waals surface area contributed by atoms with Crippen LogP contribution in [-0.2, 0) is 77.3 Å². The Hall–Kier alpha value is -3.45. The Morgan fingerprint density at radius 2 is 1.45 bits per heavy atom. The molecule has 0 bridgehead atoms.